The molecule has 1 atom stereocenters. The number of nitrogens with zero attached hydrogens (tertiary/aromatic N) is 2. The van der Waals surface area contributed by atoms with Crippen LogP contribution in [0.4, 0.5) is 18.9 Å². The van der Waals surface area contributed by atoms with Crippen LogP contribution in [0.1, 0.15) is 12.0 Å². The summed E-state index contributed by atoms with van der Waals surface area (Å²) in [5, 5.41) is 2.96. The Morgan fingerprint density at radius 3 is 2.90 bits per heavy atom. The van der Waals surface area contributed by atoms with Crippen molar-refractivity contribution in [3.8, 4) is 0 Å². The molecule has 7 heteroatoms. The van der Waals surface area contributed by atoms with Gasteiger partial charge in [-0.1, -0.05) is 12.1 Å². The van der Waals surface area contributed by atoms with Gasteiger partial charge in [-0.3, -0.25) is 4.90 Å². The third-order valence-electron chi connectivity index (χ3n) is 3.26. The zero-order valence-electron chi connectivity index (χ0n) is 11.8. The normalized spacial score (nSPS) is 20.8. The standard InChI is InChI=1S/C14H19F3N4/c1-10-3-2-4-11(7-10)19-13(18)20-12-5-6-21(8-12)9-14(15,16)17/h2-4,7,12H,5-6,8-9H2,1H3,(H3,18,19,20). The number of likely N-dealkylation sites (tertiary alicyclic amines) is 1. The maximum atomic E-state index is 12.3. The van der Waals surface area contributed by atoms with E-state index in [-0.39, 0.29) is 18.5 Å². The molecule has 3 N–H and O–H groups in total. The van der Waals surface area contributed by atoms with E-state index in [1.165, 1.54) is 4.90 Å². The predicted octanol–water partition coefficient (Wildman–Crippen LogP) is 2.36. The van der Waals surface area contributed by atoms with Gasteiger partial charge in [-0.25, -0.2) is 4.99 Å². The van der Waals surface area contributed by atoms with Gasteiger partial charge < -0.3 is 11.1 Å². The van der Waals surface area contributed by atoms with E-state index in [2.05, 4.69) is 10.3 Å². The lowest BCUT2D eigenvalue weighted by atomic mass is 10.2. The lowest BCUT2D eigenvalue weighted by Crippen LogP contribution is -2.33. The summed E-state index contributed by atoms with van der Waals surface area (Å²) in [7, 11) is 0. The molecule has 0 bridgehead atoms. The number of nitrogens with two attached hydrogens (primary N) is 1. The van der Waals surface area contributed by atoms with Crippen LogP contribution in [0, 0.1) is 6.92 Å². The molecule has 1 heterocycles. The number of halogens is 3. The number of aliphatic imine (C=N–C) groups is 1. The van der Waals surface area contributed by atoms with Crippen LogP contribution in [-0.4, -0.2) is 42.7 Å². The monoisotopic (exact) mass is 300 g/mol. The van der Waals surface area contributed by atoms with E-state index < -0.39 is 12.7 Å². The predicted molar refractivity (Wildman–Crippen MR) is 77.3 cm³/mol. The van der Waals surface area contributed by atoms with Crippen LogP contribution in [0.3, 0.4) is 0 Å². The zero-order chi connectivity index (χ0) is 15.5. The maximum absolute atomic E-state index is 12.3. The van der Waals surface area contributed by atoms with Crippen LogP contribution in [0.25, 0.3) is 0 Å². The molecule has 0 saturated carbocycles. The van der Waals surface area contributed by atoms with Crippen molar-refractivity contribution in [1.29, 1.82) is 0 Å². The Balaban J connectivity index is 1.89. The number of hydrogen-bond acceptors (Lipinski definition) is 2. The van der Waals surface area contributed by atoms with Crippen LogP contribution in [0.15, 0.2) is 29.3 Å². The molecule has 1 fully saturated rings. The SMILES string of the molecule is Cc1cccc(NC(N)=NC2CCN(CC(F)(F)F)C2)c1. The van der Waals surface area contributed by atoms with Crippen molar-refractivity contribution in [3.63, 3.8) is 0 Å². The Morgan fingerprint density at radius 2 is 2.24 bits per heavy atom. The second kappa shape index (κ2) is 6.34. The number of hydrogen-bond donors (Lipinski definition) is 2. The fraction of sp³-hybridized carbons (Fsp3) is 0.500. The second-order valence-electron chi connectivity index (χ2n) is 5.30. The van der Waals surface area contributed by atoms with Crippen LogP contribution >= 0.6 is 0 Å². The fourth-order valence-electron chi connectivity index (χ4n) is 2.41. The molecule has 1 unspecified atom stereocenters. The second-order valence-corrected chi connectivity index (χ2v) is 5.30. The van der Waals surface area contributed by atoms with Gasteiger partial charge in [-0.2, -0.15) is 13.2 Å². The first-order chi connectivity index (χ1) is 9.82. The molecule has 1 saturated heterocycles. The van der Waals surface area contributed by atoms with Crippen LogP contribution in [0.5, 0.6) is 0 Å². The molecule has 0 amide bonds. The number of rotatable bonds is 3. The molecule has 4 nitrogen and oxygen atoms in total. The highest BCUT2D eigenvalue weighted by Gasteiger charge is 2.34. The number of nitrogens with one attached hydrogen (secondary N) is 1. The van der Waals surface area contributed by atoms with Gasteiger partial charge in [0.2, 0.25) is 0 Å². The summed E-state index contributed by atoms with van der Waals surface area (Å²) in [4.78, 5) is 5.61. The molecule has 1 aliphatic heterocycles. The van der Waals surface area contributed by atoms with Crippen LogP contribution in [-0.2, 0) is 0 Å². The summed E-state index contributed by atoms with van der Waals surface area (Å²) in [6, 6.07) is 7.45. The summed E-state index contributed by atoms with van der Waals surface area (Å²) in [5.41, 5.74) is 7.72. The van der Waals surface area contributed by atoms with Crippen molar-refractivity contribution in [2.45, 2.75) is 25.6 Å². The molecule has 0 spiro atoms. The van der Waals surface area contributed by atoms with Gasteiger partial charge in [0.25, 0.3) is 0 Å². The summed E-state index contributed by atoms with van der Waals surface area (Å²) < 4.78 is 36.9. The topological polar surface area (TPSA) is 53.6 Å². The molecule has 0 radical (unpaired) electrons. The number of aryl methyl sites for hydroxylation is 1. The first-order valence-electron chi connectivity index (χ1n) is 6.78. The van der Waals surface area contributed by atoms with E-state index in [1.807, 2.05) is 31.2 Å². The Hall–Kier alpha value is -1.76. The van der Waals surface area contributed by atoms with Gasteiger partial charge in [-0.15, -0.1) is 0 Å². The van der Waals surface area contributed by atoms with Crippen molar-refractivity contribution in [2.75, 3.05) is 25.0 Å². The summed E-state index contributed by atoms with van der Waals surface area (Å²) in [6.07, 6.45) is -3.57. The van der Waals surface area contributed by atoms with E-state index >= 15 is 0 Å². The van der Waals surface area contributed by atoms with E-state index in [9.17, 15) is 13.2 Å². The maximum Gasteiger partial charge on any atom is 0.401 e. The third kappa shape index (κ3) is 5.26. The molecular formula is C14H19F3N4. The average molecular weight is 300 g/mol. The van der Waals surface area contributed by atoms with Crippen molar-refractivity contribution in [1.82, 2.24) is 4.90 Å². The smallest absolute Gasteiger partial charge is 0.370 e. The molecule has 0 aliphatic carbocycles. The zero-order valence-corrected chi connectivity index (χ0v) is 11.8. The summed E-state index contributed by atoms with van der Waals surface area (Å²) in [5.74, 6) is 0.236. The minimum Gasteiger partial charge on any atom is -0.370 e. The lowest BCUT2D eigenvalue weighted by molar-refractivity contribution is -0.143. The highest BCUT2D eigenvalue weighted by molar-refractivity contribution is 5.92. The fourth-order valence-corrected chi connectivity index (χ4v) is 2.41. The van der Waals surface area contributed by atoms with Gasteiger partial charge in [-0.05, 0) is 31.0 Å². The molecule has 2 rings (SSSR count). The summed E-state index contributed by atoms with van der Waals surface area (Å²) >= 11 is 0. The largest absolute Gasteiger partial charge is 0.401 e. The molecule has 1 aromatic rings. The Bertz CT molecular complexity index is 513. The van der Waals surface area contributed by atoms with Crippen molar-refractivity contribution >= 4 is 11.6 Å². The number of guanidine groups is 1. The Labute approximate surface area is 121 Å². The lowest BCUT2D eigenvalue weighted by Gasteiger charge is -2.17. The molecular weight excluding hydrogens is 281 g/mol. The minimum absolute atomic E-state index is 0.190. The van der Waals surface area contributed by atoms with Gasteiger partial charge >= 0.3 is 6.18 Å². The van der Waals surface area contributed by atoms with Crippen molar-refractivity contribution < 1.29 is 13.2 Å². The van der Waals surface area contributed by atoms with E-state index in [1.54, 1.807) is 0 Å². The van der Waals surface area contributed by atoms with E-state index in [0.717, 1.165) is 11.3 Å². The average Bonchev–Trinajstić information content (AvgIpc) is 2.73. The molecule has 0 aromatic heterocycles. The van der Waals surface area contributed by atoms with E-state index in [0.29, 0.717) is 13.0 Å². The molecule has 1 aromatic carbocycles. The Morgan fingerprint density at radius 1 is 1.48 bits per heavy atom. The van der Waals surface area contributed by atoms with Crippen LogP contribution < -0.4 is 11.1 Å². The first kappa shape index (κ1) is 15.6. The van der Waals surface area contributed by atoms with Gasteiger partial charge in [0.1, 0.15) is 0 Å². The summed E-state index contributed by atoms with van der Waals surface area (Å²) in [6.45, 7) is 1.76. The van der Waals surface area contributed by atoms with Crippen molar-refractivity contribution in [2.24, 2.45) is 10.7 Å². The molecule has 1 aliphatic rings. The molecule has 116 valence electrons. The van der Waals surface area contributed by atoms with Crippen molar-refractivity contribution in [3.05, 3.63) is 29.8 Å². The first-order valence-corrected chi connectivity index (χ1v) is 6.78. The molecule has 21 heavy (non-hydrogen) atoms. The highest BCUT2D eigenvalue weighted by Crippen LogP contribution is 2.21. The number of alkyl halides is 3. The van der Waals surface area contributed by atoms with Gasteiger partial charge in [0, 0.05) is 18.8 Å². The van der Waals surface area contributed by atoms with Gasteiger partial charge in [0.05, 0.1) is 12.6 Å². The van der Waals surface area contributed by atoms with Crippen LogP contribution in [0.2, 0.25) is 0 Å². The third-order valence-corrected chi connectivity index (χ3v) is 3.26. The Kier molecular flexibility index (Phi) is 4.72. The quantitative estimate of drug-likeness (QED) is 0.665. The number of benzene rings is 1. The van der Waals surface area contributed by atoms with E-state index in [4.69, 9.17) is 5.73 Å². The highest BCUT2D eigenvalue weighted by atomic mass is 19.4. The minimum atomic E-state index is -4.16. The number of anilines is 1. The van der Waals surface area contributed by atoms with Gasteiger partial charge in [0.15, 0.2) is 5.96 Å².